The van der Waals surface area contributed by atoms with Crippen LogP contribution in [-0.4, -0.2) is 44.3 Å². The largest absolute Gasteiger partial charge is 0.354 e. The maximum Gasteiger partial charge on any atom is 0.264 e. The van der Waals surface area contributed by atoms with Gasteiger partial charge in [0.05, 0.1) is 10.6 Å². The fourth-order valence-electron chi connectivity index (χ4n) is 3.74. The van der Waals surface area contributed by atoms with Crippen LogP contribution in [0.3, 0.4) is 0 Å². The van der Waals surface area contributed by atoms with Crippen LogP contribution in [0.15, 0.2) is 82.2 Å². The number of nitrogens with zero attached hydrogens (tertiary/aromatic N) is 2. The molecule has 202 valence electrons. The number of sulfonamides is 1. The standard InChI is InChI=1S/C28H31BrFN3O4S/c1-4-17-31-28(35)21(3)32(18-22-7-9-23(29)10-8-22)27(34)19-33(25-13-11-24(30)12-14-25)38(36,37)26-15-5-20(2)6-16-26/h5-16,21H,4,17-19H2,1-3H3,(H,31,35)/t21-/m1/s1. The highest BCUT2D eigenvalue weighted by Gasteiger charge is 2.32. The molecule has 1 atom stereocenters. The van der Waals surface area contributed by atoms with Gasteiger partial charge in [-0.05, 0) is 74.4 Å². The highest BCUT2D eigenvalue weighted by molar-refractivity contribution is 9.10. The SMILES string of the molecule is CCCNC(=O)[C@@H](C)N(Cc1ccc(Br)cc1)C(=O)CN(c1ccc(F)cc1)S(=O)(=O)c1ccc(C)cc1. The Morgan fingerprint density at radius 2 is 1.58 bits per heavy atom. The molecule has 0 fully saturated rings. The maximum absolute atomic E-state index is 13.8. The van der Waals surface area contributed by atoms with Gasteiger partial charge in [-0.15, -0.1) is 0 Å². The van der Waals surface area contributed by atoms with Gasteiger partial charge < -0.3 is 10.2 Å². The van der Waals surface area contributed by atoms with E-state index in [2.05, 4.69) is 21.2 Å². The Labute approximate surface area is 231 Å². The van der Waals surface area contributed by atoms with Gasteiger partial charge >= 0.3 is 0 Å². The summed E-state index contributed by atoms with van der Waals surface area (Å²) in [6, 6.07) is 17.6. The van der Waals surface area contributed by atoms with Crippen molar-refractivity contribution in [3.05, 3.63) is 94.2 Å². The summed E-state index contributed by atoms with van der Waals surface area (Å²) < 4.78 is 42.9. The number of carbonyl (C=O) groups is 2. The fourth-order valence-corrected chi connectivity index (χ4v) is 5.42. The Balaban J connectivity index is 2.00. The van der Waals surface area contributed by atoms with Crippen molar-refractivity contribution in [2.24, 2.45) is 0 Å². The molecule has 0 aromatic heterocycles. The van der Waals surface area contributed by atoms with Crippen LogP contribution in [0.1, 0.15) is 31.4 Å². The predicted octanol–water partition coefficient (Wildman–Crippen LogP) is 5.04. The van der Waals surface area contributed by atoms with E-state index in [4.69, 9.17) is 0 Å². The van der Waals surface area contributed by atoms with E-state index >= 15 is 0 Å². The van der Waals surface area contributed by atoms with Gasteiger partial charge in [-0.25, -0.2) is 12.8 Å². The fraction of sp³-hybridized carbons (Fsp3) is 0.286. The van der Waals surface area contributed by atoms with Gasteiger partial charge in [0.25, 0.3) is 10.0 Å². The molecule has 0 spiro atoms. The van der Waals surface area contributed by atoms with Crippen LogP contribution < -0.4 is 9.62 Å². The van der Waals surface area contributed by atoms with Crippen molar-refractivity contribution in [3.8, 4) is 0 Å². The maximum atomic E-state index is 13.8. The highest BCUT2D eigenvalue weighted by Crippen LogP contribution is 2.25. The van der Waals surface area contributed by atoms with Gasteiger partial charge in [0.2, 0.25) is 11.8 Å². The molecule has 0 aliphatic carbocycles. The lowest BCUT2D eigenvalue weighted by Crippen LogP contribution is -2.51. The van der Waals surface area contributed by atoms with Crippen LogP contribution in [0.4, 0.5) is 10.1 Å². The molecule has 3 aromatic rings. The zero-order valence-corrected chi connectivity index (χ0v) is 23.9. The number of aryl methyl sites for hydroxylation is 1. The number of amides is 2. The summed E-state index contributed by atoms with van der Waals surface area (Å²) >= 11 is 3.39. The van der Waals surface area contributed by atoms with Gasteiger partial charge in [0.15, 0.2) is 0 Å². The van der Waals surface area contributed by atoms with Gasteiger partial charge in [-0.2, -0.15) is 0 Å². The minimum atomic E-state index is -4.19. The molecular weight excluding hydrogens is 573 g/mol. The quantitative estimate of drug-likeness (QED) is 0.333. The number of hydrogen-bond donors (Lipinski definition) is 1. The summed E-state index contributed by atoms with van der Waals surface area (Å²) in [6.45, 7) is 5.33. The molecule has 0 heterocycles. The van der Waals surface area contributed by atoms with Gasteiger partial charge in [-0.1, -0.05) is 52.7 Å². The third kappa shape index (κ3) is 7.41. The number of nitrogens with one attached hydrogen (secondary N) is 1. The Bertz CT molecular complexity index is 1350. The molecule has 10 heteroatoms. The van der Waals surface area contributed by atoms with E-state index in [1.54, 1.807) is 19.1 Å². The molecule has 0 unspecified atom stereocenters. The third-order valence-corrected chi connectivity index (χ3v) is 8.30. The second kappa shape index (κ2) is 13.0. The van der Waals surface area contributed by atoms with Crippen molar-refractivity contribution >= 4 is 43.5 Å². The molecule has 0 aliphatic heterocycles. The first-order valence-corrected chi connectivity index (χ1v) is 14.4. The smallest absolute Gasteiger partial charge is 0.264 e. The average molecular weight is 605 g/mol. The Kier molecular flexibility index (Phi) is 10.0. The van der Waals surface area contributed by atoms with Crippen LogP contribution in [-0.2, 0) is 26.2 Å². The number of anilines is 1. The molecule has 0 aliphatic rings. The first-order chi connectivity index (χ1) is 18.0. The number of hydrogen-bond acceptors (Lipinski definition) is 4. The lowest BCUT2D eigenvalue weighted by Gasteiger charge is -2.32. The topological polar surface area (TPSA) is 86.8 Å². The highest BCUT2D eigenvalue weighted by atomic mass is 79.9. The van der Waals surface area contributed by atoms with E-state index < -0.39 is 34.3 Å². The Morgan fingerprint density at radius 3 is 2.16 bits per heavy atom. The zero-order valence-electron chi connectivity index (χ0n) is 21.5. The summed E-state index contributed by atoms with van der Waals surface area (Å²) in [5.74, 6) is -1.45. The first-order valence-electron chi connectivity index (χ1n) is 12.2. The van der Waals surface area contributed by atoms with Crippen molar-refractivity contribution in [3.63, 3.8) is 0 Å². The molecule has 3 rings (SSSR count). The van der Waals surface area contributed by atoms with Crippen LogP contribution in [0.25, 0.3) is 0 Å². The third-order valence-electron chi connectivity index (χ3n) is 5.99. The van der Waals surface area contributed by atoms with E-state index in [9.17, 15) is 22.4 Å². The summed E-state index contributed by atoms with van der Waals surface area (Å²) in [5.41, 5.74) is 1.78. The van der Waals surface area contributed by atoms with E-state index in [0.717, 1.165) is 38.5 Å². The van der Waals surface area contributed by atoms with E-state index in [1.807, 2.05) is 38.1 Å². The van der Waals surface area contributed by atoms with Crippen molar-refractivity contribution in [2.75, 3.05) is 17.4 Å². The lowest BCUT2D eigenvalue weighted by atomic mass is 10.1. The van der Waals surface area contributed by atoms with Crippen molar-refractivity contribution in [2.45, 2.75) is 44.7 Å². The van der Waals surface area contributed by atoms with Crippen LogP contribution in [0.5, 0.6) is 0 Å². The molecule has 0 saturated carbocycles. The normalized spacial score (nSPS) is 12.0. The molecule has 38 heavy (non-hydrogen) atoms. The van der Waals surface area contributed by atoms with Gasteiger partial charge in [-0.3, -0.25) is 13.9 Å². The number of benzene rings is 3. The van der Waals surface area contributed by atoms with Crippen molar-refractivity contribution in [1.29, 1.82) is 0 Å². The Hall–Kier alpha value is -3.24. The summed E-state index contributed by atoms with van der Waals surface area (Å²) in [6.07, 6.45) is 0.728. The van der Waals surface area contributed by atoms with Crippen molar-refractivity contribution < 1.29 is 22.4 Å². The summed E-state index contributed by atoms with van der Waals surface area (Å²) in [7, 11) is -4.19. The molecular formula is C28H31BrFN3O4S. The molecule has 1 N–H and O–H groups in total. The Morgan fingerprint density at radius 1 is 0.974 bits per heavy atom. The second-order valence-corrected chi connectivity index (χ2v) is 11.7. The van der Waals surface area contributed by atoms with Crippen molar-refractivity contribution in [1.82, 2.24) is 10.2 Å². The average Bonchev–Trinajstić information content (AvgIpc) is 2.90. The monoisotopic (exact) mass is 603 g/mol. The first kappa shape index (κ1) is 29.3. The lowest BCUT2D eigenvalue weighted by molar-refractivity contribution is -0.139. The van der Waals surface area contributed by atoms with Crippen LogP contribution >= 0.6 is 15.9 Å². The number of carbonyl (C=O) groups excluding carboxylic acids is 2. The van der Waals surface area contributed by atoms with Crippen LogP contribution in [0, 0.1) is 12.7 Å². The minimum absolute atomic E-state index is 0.00609. The molecule has 0 radical (unpaired) electrons. The summed E-state index contributed by atoms with van der Waals surface area (Å²) in [5, 5.41) is 2.80. The predicted molar refractivity (Wildman–Crippen MR) is 150 cm³/mol. The van der Waals surface area contributed by atoms with Gasteiger partial charge in [0.1, 0.15) is 18.4 Å². The minimum Gasteiger partial charge on any atom is -0.354 e. The van der Waals surface area contributed by atoms with E-state index in [0.29, 0.717) is 6.54 Å². The number of rotatable bonds is 11. The van der Waals surface area contributed by atoms with Crippen LogP contribution in [0.2, 0.25) is 0 Å². The summed E-state index contributed by atoms with van der Waals surface area (Å²) in [4.78, 5) is 28.0. The molecule has 0 bridgehead atoms. The van der Waals surface area contributed by atoms with Gasteiger partial charge in [0, 0.05) is 17.6 Å². The molecule has 7 nitrogen and oxygen atoms in total. The molecule has 0 saturated heterocycles. The number of halogens is 2. The van der Waals surface area contributed by atoms with E-state index in [1.165, 1.54) is 29.2 Å². The molecule has 2 amide bonds. The zero-order chi connectivity index (χ0) is 27.9. The second-order valence-electron chi connectivity index (χ2n) is 8.92. The molecule has 3 aromatic carbocycles. The van der Waals surface area contributed by atoms with E-state index in [-0.39, 0.29) is 23.0 Å².